The van der Waals surface area contributed by atoms with Gasteiger partial charge in [0, 0.05) is 29.8 Å². The molecule has 0 amide bonds. The third-order valence-electron chi connectivity index (χ3n) is 5.36. The highest BCUT2D eigenvalue weighted by atomic mass is 32.2. The van der Waals surface area contributed by atoms with Gasteiger partial charge in [-0.3, -0.25) is 5.01 Å². The Hall–Kier alpha value is -3.08. The molecule has 1 unspecified atom stereocenters. The average Bonchev–Trinajstić information content (AvgIpc) is 3.24. The van der Waals surface area contributed by atoms with Crippen LogP contribution in [-0.4, -0.2) is 29.1 Å². The van der Waals surface area contributed by atoms with E-state index in [9.17, 15) is 30.7 Å². The predicted octanol–water partition coefficient (Wildman–Crippen LogP) is 7.25. The van der Waals surface area contributed by atoms with Crippen LogP contribution in [0.15, 0.2) is 70.9 Å². The lowest BCUT2D eigenvalue weighted by molar-refractivity contribution is -0.249. The van der Waals surface area contributed by atoms with Crippen molar-refractivity contribution in [1.82, 2.24) is 4.98 Å². The highest BCUT2D eigenvalue weighted by Gasteiger charge is 2.63. The van der Waals surface area contributed by atoms with E-state index >= 15 is 0 Å². The van der Waals surface area contributed by atoms with Gasteiger partial charge in [-0.1, -0.05) is 24.3 Å². The molecular weight excluding hydrogens is 483 g/mol. The molecule has 3 nitrogen and oxygen atoms in total. The zero-order valence-corrected chi connectivity index (χ0v) is 18.3. The summed E-state index contributed by atoms with van der Waals surface area (Å²) in [6.45, 7) is 0. The molecule has 0 saturated carbocycles. The van der Waals surface area contributed by atoms with Crippen molar-refractivity contribution in [2.75, 3.05) is 11.3 Å². The first kappa shape index (κ1) is 24.1. The Morgan fingerprint density at radius 3 is 2.15 bits per heavy atom. The Morgan fingerprint density at radius 2 is 1.59 bits per heavy atom. The Kier molecular flexibility index (Phi) is 6.32. The molecule has 0 N–H and O–H groups in total. The van der Waals surface area contributed by atoms with Crippen LogP contribution in [0.5, 0.6) is 0 Å². The summed E-state index contributed by atoms with van der Waals surface area (Å²) in [4.78, 5) is 4.27. The number of anilines is 1. The van der Waals surface area contributed by atoms with E-state index < -0.39 is 41.9 Å². The molecule has 1 aliphatic rings. The fraction of sp³-hybridized carbons (Fsp3) is 0.217. The van der Waals surface area contributed by atoms with E-state index in [2.05, 4.69) is 10.1 Å². The lowest BCUT2D eigenvalue weighted by Gasteiger charge is -2.24. The lowest BCUT2D eigenvalue weighted by Crippen LogP contribution is -2.43. The molecule has 2 aromatic carbocycles. The number of hydrogen-bond donors (Lipinski definition) is 0. The minimum absolute atomic E-state index is 0.166. The second-order valence-electron chi connectivity index (χ2n) is 7.49. The summed E-state index contributed by atoms with van der Waals surface area (Å²) in [5.74, 6) is -7.18. The Morgan fingerprint density at radius 1 is 0.912 bits per heavy atom. The van der Waals surface area contributed by atoms with Crippen LogP contribution < -0.4 is 5.01 Å². The third kappa shape index (κ3) is 4.48. The molecule has 2 heterocycles. The maximum atomic E-state index is 14.5. The van der Waals surface area contributed by atoms with E-state index in [1.165, 1.54) is 23.9 Å². The van der Waals surface area contributed by atoms with Gasteiger partial charge in [0.1, 0.15) is 17.3 Å². The van der Waals surface area contributed by atoms with E-state index in [1.54, 1.807) is 18.3 Å². The smallest absolute Gasteiger partial charge is 0.257 e. The zero-order valence-electron chi connectivity index (χ0n) is 17.5. The maximum absolute atomic E-state index is 14.5. The Bertz CT molecular complexity index is 1210. The number of hydrogen-bond acceptors (Lipinski definition) is 4. The van der Waals surface area contributed by atoms with Crippen LogP contribution >= 0.6 is 11.8 Å². The first-order valence-electron chi connectivity index (χ1n) is 9.88. The quantitative estimate of drug-likeness (QED) is 0.273. The molecule has 1 aromatic heterocycles. The van der Waals surface area contributed by atoms with Gasteiger partial charge in [-0.05, 0) is 36.1 Å². The summed E-state index contributed by atoms with van der Waals surface area (Å²) >= 11 is 1.47. The number of alkyl halides is 5. The molecule has 11 heteroatoms. The van der Waals surface area contributed by atoms with E-state index in [0.29, 0.717) is 6.07 Å². The van der Waals surface area contributed by atoms with Gasteiger partial charge in [-0.15, -0.1) is 11.8 Å². The summed E-state index contributed by atoms with van der Waals surface area (Å²) in [5.41, 5.74) is -0.0509. The van der Waals surface area contributed by atoms with Crippen molar-refractivity contribution in [1.29, 1.82) is 0 Å². The number of rotatable bonds is 5. The monoisotopic (exact) mass is 499 g/mol. The van der Waals surface area contributed by atoms with Crippen LogP contribution in [0.2, 0.25) is 0 Å². The highest BCUT2D eigenvalue weighted by molar-refractivity contribution is 7.98. The maximum Gasteiger partial charge on any atom is 0.459 e. The number of pyridine rings is 1. The lowest BCUT2D eigenvalue weighted by atomic mass is 9.98. The zero-order chi connectivity index (χ0) is 24.7. The molecule has 0 fully saturated rings. The predicted molar refractivity (Wildman–Crippen MR) is 116 cm³/mol. The number of nitrogens with zero attached hydrogens (tertiary/aromatic N) is 3. The number of benzene rings is 2. The molecule has 0 spiro atoms. The molecule has 0 bridgehead atoms. The van der Waals surface area contributed by atoms with Gasteiger partial charge in [0.25, 0.3) is 0 Å². The fourth-order valence-electron chi connectivity index (χ4n) is 3.59. The molecule has 1 aliphatic heterocycles. The molecular formula is C23H16F7N3S. The van der Waals surface area contributed by atoms with Crippen molar-refractivity contribution in [3.05, 3.63) is 78.0 Å². The topological polar surface area (TPSA) is 28.5 Å². The minimum Gasteiger partial charge on any atom is -0.257 e. The number of halogens is 7. The Labute approximate surface area is 194 Å². The molecule has 1 atom stereocenters. The minimum atomic E-state index is -5.87. The van der Waals surface area contributed by atoms with Crippen LogP contribution in [0, 0.1) is 11.6 Å². The van der Waals surface area contributed by atoms with Crippen LogP contribution in [0.4, 0.5) is 36.4 Å². The second-order valence-corrected chi connectivity index (χ2v) is 8.31. The van der Waals surface area contributed by atoms with E-state index in [1.807, 2.05) is 18.4 Å². The van der Waals surface area contributed by atoms with Crippen LogP contribution in [0.1, 0.15) is 18.0 Å². The van der Waals surface area contributed by atoms with Gasteiger partial charge in [-0.2, -0.15) is 27.1 Å². The second kappa shape index (κ2) is 8.94. The van der Waals surface area contributed by atoms with Crippen molar-refractivity contribution in [3.63, 3.8) is 0 Å². The van der Waals surface area contributed by atoms with Crippen LogP contribution in [0.25, 0.3) is 11.1 Å². The number of aromatic nitrogens is 1. The van der Waals surface area contributed by atoms with Crippen molar-refractivity contribution in [3.8, 4) is 11.1 Å². The Balaban J connectivity index is 1.73. The highest BCUT2D eigenvalue weighted by Crippen LogP contribution is 2.45. The summed E-state index contributed by atoms with van der Waals surface area (Å²) < 4.78 is 95.0. The summed E-state index contributed by atoms with van der Waals surface area (Å²) in [7, 11) is 0. The van der Waals surface area contributed by atoms with Crippen LogP contribution in [0.3, 0.4) is 0 Å². The van der Waals surface area contributed by atoms with Gasteiger partial charge in [0.2, 0.25) is 0 Å². The first-order chi connectivity index (χ1) is 16.0. The number of thioether (sulfide) groups is 1. The van der Waals surface area contributed by atoms with Gasteiger partial charge in [0.05, 0.1) is 16.8 Å². The first-order valence-corrected chi connectivity index (χ1v) is 11.1. The molecule has 178 valence electrons. The summed E-state index contributed by atoms with van der Waals surface area (Å²) in [5, 5.41) is 5.27. The molecule has 0 radical (unpaired) electrons. The molecule has 0 saturated heterocycles. The largest absolute Gasteiger partial charge is 0.459 e. The van der Waals surface area contributed by atoms with E-state index in [-0.39, 0.29) is 11.3 Å². The van der Waals surface area contributed by atoms with Gasteiger partial charge in [-0.25, -0.2) is 13.8 Å². The molecule has 34 heavy (non-hydrogen) atoms. The summed E-state index contributed by atoms with van der Waals surface area (Å²) in [6, 6.07) is 11.0. The van der Waals surface area contributed by atoms with Gasteiger partial charge in [0.15, 0.2) is 0 Å². The van der Waals surface area contributed by atoms with Gasteiger partial charge < -0.3 is 0 Å². The number of hydrazone groups is 1. The van der Waals surface area contributed by atoms with Crippen molar-refractivity contribution >= 4 is 23.2 Å². The SMILES string of the molecule is CSc1ccc(-c2ccc(N3N=C(C(F)(F)C(F)(F)F)CC3c3ccc(F)cc3F)cc2)cn1. The molecule has 4 rings (SSSR count). The third-order valence-corrected chi connectivity index (χ3v) is 6.02. The van der Waals surface area contributed by atoms with E-state index in [0.717, 1.165) is 33.3 Å². The average molecular weight is 499 g/mol. The molecule has 0 aliphatic carbocycles. The van der Waals surface area contributed by atoms with Crippen molar-refractivity contribution in [2.24, 2.45) is 5.10 Å². The van der Waals surface area contributed by atoms with Crippen LogP contribution in [-0.2, 0) is 0 Å². The van der Waals surface area contributed by atoms with Crippen molar-refractivity contribution < 1.29 is 30.7 Å². The van der Waals surface area contributed by atoms with E-state index in [4.69, 9.17) is 0 Å². The molecule has 3 aromatic rings. The fourth-order valence-corrected chi connectivity index (χ4v) is 3.96. The standard InChI is InChI=1S/C23H16F7N3S/c1-34-21-9-4-14(12-31-21)13-2-6-16(7-3-13)33-19(17-8-5-15(24)10-18(17)25)11-20(32-33)22(26,27)23(28,29)30/h2-10,12,19H,11H2,1H3. The van der Waals surface area contributed by atoms with Crippen molar-refractivity contribution in [2.45, 2.75) is 29.6 Å². The summed E-state index contributed by atoms with van der Waals surface area (Å²) in [6.07, 6.45) is -3.23. The van der Waals surface area contributed by atoms with Gasteiger partial charge >= 0.3 is 12.1 Å². The normalized spacial score (nSPS) is 16.6.